The maximum Gasteiger partial charge on any atom is 0.237 e. The topological polar surface area (TPSA) is 75.2 Å². The summed E-state index contributed by atoms with van der Waals surface area (Å²) in [5, 5.41) is 11.6. The molecule has 1 saturated carbocycles. The van der Waals surface area contributed by atoms with Crippen LogP contribution in [0.3, 0.4) is 0 Å². The standard InChI is InChI=1S/C18H22N4O2S2/c1-10-5-6-11(2)15(9-10)19-16(24)12(3)25-18-21-20-17(26-18)22(13(4)23)14-7-8-14/h5-6,9,12,14H,7-8H2,1-4H3,(H,19,24). The lowest BCUT2D eigenvalue weighted by Crippen LogP contribution is -2.30. The zero-order chi connectivity index (χ0) is 18.8. The average Bonchev–Trinajstić information content (AvgIpc) is 3.30. The van der Waals surface area contributed by atoms with E-state index in [1.54, 1.807) is 11.8 Å². The van der Waals surface area contributed by atoms with Gasteiger partial charge < -0.3 is 5.32 Å². The van der Waals surface area contributed by atoms with Crippen molar-refractivity contribution in [3.63, 3.8) is 0 Å². The van der Waals surface area contributed by atoms with Crippen LogP contribution in [-0.4, -0.2) is 33.3 Å². The molecule has 138 valence electrons. The van der Waals surface area contributed by atoms with Gasteiger partial charge in [0.05, 0.1) is 5.25 Å². The molecule has 1 aliphatic carbocycles. The molecule has 0 aliphatic heterocycles. The van der Waals surface area contributed by atoms with Gasteiger partial charge in [-0.25, -0.2) is 0 Å². The van der Waals surface area contributed by atoms with Crippen molar-refractivity contribution in [3.05, 3.63) is 29.3 Å². The number of nitrogens with one attached hydrogen (secondary N) is 1. The summed E-state index contributed by atoms with van der Waals surface area (Å²) in [5.74, 6) is -0.0908. The van der Waals surface area contributed by atoms with E-state index in [9.17, 15) is 9.59 Å². The first-order chi connectivity index (χ1) is 12.3. The van der Waals surface area contributed by atoms with E-state index in [4.69, 9.17) is 0 Å². The summed E-state index contributed by atoms with van der Waals surface area (Å²) < 4.78 is 0.690. The molecule has 1 atom stereocenters. The van der Waals surface area contributed by atoms with Gasteiger partial charge in [0.15, 0.2) is 4.34 Å². The molecule has 1 N–H and O–H groups in total. The molecule has 0 bridgehead atoms. The molecule has 0 radical (unpaired) electrons. The lowest BCUT2D eigenvalue weighted by Gasteiger charge is -2.15. The van der Waals surface area contributed by atoms with Crippen LogP contribution in [-0.2, 0) is 9.59 Å². The molecule has 0 saturated heterocycles. The molecule has 1 aromatic heterocycles. The van der Waals surface area contributed by atoms with Gasteiger partial charge in [0.1, 0.15) is 0 Å². The number of hydrogen-bond donors (Lipinski definition) is 1. The summed E-state index contributed by atoms with van der Waals surface area (Å²) in [7, 11) is 0. The van der Waals surface area contributed by atoms with E-state index in [2.05, 4.69) is 15.5 Å². The second-order valence-electron chi connectivity index (χ2n) is 6.54. The van der Waals surface area contributed by atoms with Crippen LogP contribution in [0, 0.1) is 13.8 Å². The molecule has 1 fully saturated rings. The van der Waals surface area contributed by atoms with Gasteiger partial charge in [-0.05, 0) is 50.8 Å². The van der Waals surface area contributed by atoms with Crippen molar-refractivity contribution in [2.24, 2.45) is 0 Å². The van der Waals surface area contributed by atoms with Crippen molar-refractivity contribution in [2.45, 2.75) is 56.2 Å². The molecular weight excluding hydrogens is 368 g/mol. The summed E-state index contributed by atoms with van der Waals surface area (Å²) in [6.45, 7) is 7.36. The van der Waals surface area contributed by atoms with Gasteiger partial charge in [0, 0.05) is 18.7 Å². The minimum Gasteiger partial charge on any atom is -0.325 e. The van der Waals surface area contributed by atoms with Gasteiger partial charge >= 0.3 is 0 Å². The molecule has 26 heavy (non-hydrogen) atoms. The summed E-state index contributed by atoms with van der Waals surface area (Å²) in [5.41, 5.74) is 2.96. The maximum absolute atomic E-state index is 12.5. The average molecular weight is 391 g/mol. The van der Waals surface area contributed by atoms with Crippen LogP contribution in [0.1, 0.15) is 37.8 Å². The Hall–Kier alpha value is -1.93. The Bertz CT molecular complexity index is 832. The number of nitrogens with zero attached hydrogens (tertiary/aromatic N) is 3. The normalized spacial score (nSPS) is 14.8. The van der Waals surface area contributed by atoms with Crippen molar-refractivity contribution in [1.82, 2.24) is 10.2 Å². The van der Waals surface area contributed by atoms with Gasteiger partial charge in [-0.2, -0.15) is 0 Å². The van der Waals surface area contributed by atoms with E-state index in [1.165, 1.54) is 23.1 Å². The third-order valence-electron chi connectivity index (χ3n) is 4.15. The highest BCUT2D eigenvalue weighted by Crippen LogP contribution is 2.36. The lowest BCUT2D eigenvalue weighted by molar-refractivity contribution is -0.117. The fourth-order valence-electron chi connectivity index (χ4n) is 2.54. The highest BCUT2D eigenvalue weighted by Gasteiger charge is 2.34. The van der Waals surface area contributed by atoms with Gasteiger partial charge in [-0.1, -0.05) is 35.2 Å². The van der Waals surface area contributed by atoms with Crippen molar-refractivity contribution in [1.29, 1.82) is 0 Å². The number of aryl methyl sites for hydroxylation is 2. The van der Waals surface area contributed by atoms with E-state index in [-0.39, 0.29) is 23.1 Å². The maximum atomic E-state index is 12.5. The van der Waals surface area contributed by atoms with Crippen LogP contribution < -0.4 is 10.2 Å². The molecule has 1 aliphatic rings. The van der Waals surface area contributed by atoms with Crippen LogP contribution in [0.25, 0.3) is 0 Å². The molecule has 8 heteroatoms. The predicted molar refractivity (Wildman–Crippen MR) is 106 cm³/mol. The fraction of sp³-hybridized carbons (Fsp3) is 0.444. The molecule has 6 nitrogen and oxygen atoms in total. The number of carbonyl (C=O) groups excluding carboxylic acids is 2. The molecule has 0 spiro atoms. The molecule has 1 heterocycles. The fourth-order valence-corrected chi connectivity index (χ4v) is 4.64. The van der Waals surface area contributed by atoms with E-state index >= 15 is 0 Å². The predicted octanol–water partition coefficient (Wildman–Crippen LogP) is 3.79. The first-order valence-corrected chi connectivity index (χ1v) is 10.2. The van der Waals surface area contributed by atoms with Crippen molar-refractivity contribution >= 4 is 45.7 Å². The Morgan fingerprint density at radius 1 is 1.31 bits per heavy atom. The van der Waals surface area contributed by atoms with Crippen LogP contribution >= 0.6 is 23.1 Å². The smallest absolute Gasteiger partial charge is 0.237 e. The Kier molecular flexibility index (Phi) is 5.62. The highest BCUT2D eigenvalue weighted by molar-refractivity contribution is 8.02. The molecule has 2 aromatic rings. The van der Waals surface area contributed by atoms with E-state index in [0.717, 1.165) is 29.7 Å². The van der Waals surface area contributed by atoms with Crippen LogP contribution in [0.5, 0.6) is 0 Å². The van der Waals surface area contributed by atoms with Gasteiger partial charge in [-0.3, -0.25) is 14.5 Å². The third-order valence-corrected chi connectivity index (χ3v) is 6.26. The van der Waals surface area contributed by atoms with Gasteiger partial charge in [0.25, 0.3) is 0 Å². The molecular formula is C18H22N4O2S2. The molecule has 3 rings (SSSR count). The highest BCUT2D eigenvalue weighted by atomic mass is 32.2. The van der Waals surface area contributed by atoms with Crippen LogP contribution in [0.4, 0.5) is 10.8 Å². The Balaban J connectivity index is 1.64. The zero-order valence-corrected chi connectivity index (χ0v) is 16.9. The van der Waals surface area contributed by atoms with Crippen LogP contribution in [0.15, 0.2) is 22.5 Å². The first-order valence-electron chi connectivity index (χ1n) is 8.53. The summed E-state index contributed by atoms with van der Waals surface area (Å²) in [6, 6.07) is 6.23. The monoisotopic (exact) mass is 390 g/mol. The number of aromatic nitrogens is 2. The molecule has 1 aromatic carbocycles. The summed E-state index contributed by atoms with van der Waals surface area (Å²) in [4.78, 5) is 26.0. The third kappa shape index (κ3) is 4.42. The number of benzene rings is 1. The van der Waals surface area contributed by atoms with Gasteiger partial charge in [-0.15, -0.1) is 10.2 Å². The molecule has 1 unspecified atom stereocenters. The largest absolute Gasteiger partial charge is 0.325 e. The zero-order valence-electron chi connectivity index (χ0n) is 15.3. The minimum atomic E-state index is -0.317. The number of thioether (sulfide) groups is 1. The summed E-state index contributed by atoms with van der Waals surface area (Å²) >= 11 is 2.72. The first kappa shape index (κ1) is 18.8. The summed E-state index contributed by atoms with van der Waals surface area (Å²) in [6.07, 6.45) is 2.02. The van der Waals surface area contributed by atoms with E-state index in [1.807, 2.05) is 39.0 Å². The molecule has 2 amide bonds. The Morgan fingerprint density at radius 2 is 2.04 bits per heavy atom. The quantitative estimate of drug-likeness (QED) is 0.600. The van der Waals surface area contributed by atoms with Crippen LogP contribution in [0.2, 0.25) is 0 Å². The SMILES string of the molecule is CC(=O)N(c1nnc(SC(C)C(=O)Nc2cc(C)ccc2C)s1)C1CC1. The lowest BCUT2D eigenvalue weighted by atomic mass is 10.1. The minimum absolute atomic E-state index is 0.0130. The Morgan fingerprint density at radius 3 is 2.69 bits per heavy atom. The van der Waals surface area contributed by atoms with Crippen molar-refractivity contribution < 1.29 is 9.59 Å². The van der Waals surface area contributed by atoms with E-state index < -0.39 is 0 Å². The van der Waals surface area contributed by atoms with Gasteiger partial charge in [0.2, 0.25) is 16.9 Å². The van der Waals surface area contributed by atoms with Crippen molar-refractivity contribution in [2.75, 3.05) is 10.2 Å². The number of carbonyl (C=O) groups is 2. The number of anilines is 2. The second-order valence-corrected chi connectivity index (χ2v) is 9.08. The van der Waals surface area contributed by atoms with Crippen molar-refractivity contribution in [3.8, 4) is 0 Å². The number of rotatable bonds is 6. The number of amides is 2. The van der Waals surface area contributed by atoms with E-state index in [0.29, 0.717) is 9.47 Å². The number of hydrogen-bond acceptors (Lipinski definition) is 6. The second kappa shape index (κ2) is 7.75. The Labute approximate surface area is 161 Å².